The zero-order valence-electron chi connectivity index (χ0n) is 6.72. The van der Waals surface area contributed by atoms with Crippen LogP contribution < -0.4 is 0 Å². The standard InChI is InChI=1S/C9H10Br2O/c1-6-2-3-7(11)4-8(6)9(12)5-10/h2-4,9,12H,5H2,1H3. The molecule has 0 fully saturated rings. The highest BCUT2D eigenvalue weighted by Gasteiger charge is 2.08. The van der Waals surface area contributed by atoms with Crippen LogP contribution in [-0.4, -0.2) is 10.4 Å². The molecule has 66 valence electrons. The summed E-state index contributed by atoms with van der Waals surface area (Å²) in [5.74, 6) is 0. The van der Waals surface area contributed by atoms with Crippen LogP contribution in [0.1, 0.15) is 17.2 Å². The Bertz CT molecular complexity index is 273. The number of aryl methyl sites for hydroxylation is 1. The summed E-state index contributed by atoms with van der Waals surface area (Å²) in [5, 5.41) is 10.1. The average molecular weight is 294 g/mol. The van der Waals surface area contributed by atoms with E-state index in [2.05, 4.69) is 31.9 Å². The van der Waals surface area contributed by atoms with Crippen molar-refractivity contribution < 1.29 is 5.11 Å². The van der Waals surface area contributed by atoms with E-state index >= 15 is 0 Å². The Morgan fingerprint density at radius 2 is 2.17 bits per heavy atom. The van der Waals surface area contributed by atoms with Crippen molar-refractivity contribution in [3.8, 4) is 0 Å². The van der Waals surface area contributed by atoms with Gasteiger partial charge in [0, 0.05) is 9.80 Å². The van der Waals surface area contributed by atoms with Gasteiger partial charge in [-0.25, -0.2) is 0 Å². The van der Waals surface area contributed by atoms with E-state index in [-0.39, 0.29) is 0 Å². The van der Waals surface area contributed by atoms with Crippen molar-refractivity contribution in [1.82, 2.24) is 0 Å². The monoisotopic (exact) mass is 292 g/mol. The molecule has 0 saturated heterocycles. The second-order valence-corrected chi connectivity index (χ2v) is 4.23. The Hall–Kier alpha value is 0.140. The first-order valence-electron chi connectivity index (χ1n) is 3.65. The highest BCUT2D eigenvalue weighted by molar-refractivity contribution is 9.10. The van der Waals surface area contributed by atoms with Crippen molar-refractivity contribution in [3.05, 3.63) is 33.8 Å². The lowest BCUT2D eigenvalue weighted by Crippen LogP contribution is -2.00. The molecule has 0 aliphatic rings. The highest BCUT2D eigenvalue weighted by Crippen LogP contribution is 2.23. The first kappa shape index (κ1) is 10.2. The Balaban J connectivity index is 3.04. The molecule has 0 amide bonds. The molecule has 1 N–H and O–H groups in total. The van der Waals surface area contributed by atoms with Gasteiger partial charge >= 0.3 is 0 Å². The maximum absolute atomic E-state index is 9.57. The molecule has 0 aromatic heterocycles. The molecule has 1 atom stereocenters. The van der Waals surface area contributed by atoms with Crippen LogP contribution in [0.2, 0.25) is 0 Å². The van der Waals surface area contributed by atoms with Gasteiger partial charge in [-0.15, -0.1) is 0 Å². The third kappa shape index (κ3) is 2.31. The topological polar surface area (TPSA) is 20.2 Å². The van der Waals surface area contributed by atoms with E-state index in [9.17, 15) is 5.11 Å². The van der Waals surface area contributed by atoms with Crippen LogP contribution in [0.15, 0.2) is 22.7 Å². The third-order valence-electron chi connectivity index (χ3n) is 1.75. The summed E-state index contributed by atoms with van der Waals surface area (Å²) in [6, 6.07) is 5.91. The van der Waals surface area contributed by atoms with Crippen LogP contribution in [0.4, 0.5) is 0 Å². The first-order valence-corrected chi connectivity index (χ1v) is 5.56. The number of hydrogen-bond donors (Lipinski definition) is 1. The third-order valence-corrected chi connectivity index (χ3v) is 2.85. The molecule has 0 radical (unpaired) electrons. The summed E-state index contributed by atoms with van der Waals surface area (Å²) in [5.41, 5.74) is 2.09. The lowest BCUT2D eigenvalue weighted by molar-refractivity contribution is 0.204. The van der Waals surface area contributed by atoms with E-state index in [4.69, 9.17) is 0 Å². The summed E-state index contributed by atoms with van der Waals surface area (Å²) < 4.78 is 1.00. The molecular formula is C9H10Br2O. The maximum atomic E-state index is 9.57. The molecule has 12 heavy (non-hydrogen) atoms. The molecular weight excluding hydrogens is 284 g/mol. The van der Waals surface area contributed by atoms with Crippen molar-refractivity contribution in [2.75, 3.05) is 5.33 Å². The minimum absolute atomic E-state index is 0.414. The Morgan fingerprint density at radius 1 is 1.50 bits per heavy atom. The zero-order valence-corrected chi connectivity index (χ0v) is 9.89. The fraction of sp³-hybridized carbons (Fsp3) is 0.333. The van der Waals surface area contributed by atoms with Gasteiger partial charge in [-0.05, 0) is 30.2 Å². The van der Waals surface area contributed by atoms with Crippen LogP contribution in [0, 0.1) is 6.92 Å². The van der Waals surface area contributed by atoms with Gasteiger partial charge < -0.3 is 5.11 Å². The van der Waals surface area contributed by atoms with Gasteiger partial charge in [0.25, 0.3) is 0 Å². The number of halogens is 2. The van der Waals surface area contributed by atoms with Crippen LogP contribution in [0.25, 0.3) is 0 Å². The number of hydrogen-bond acceptors (Lipinski definition) is 1. The molecule has 1 unspecified atom stereocenters. The lowest BCUT2D eigenvalue weighted by atomic mass is 10.1. The van der Waals surface area contributed by atoms with Gasteiger partial charge in [0.1, 0.15) is 0 Å². The number of aliphatic hydroxyl groups excluding tert-OH is 1. The maximum Gasteiger partial charge on any atom is 0.0889 e. The quantitative estimate of drug-likeness (QED) is 0.831. The van der Waals surface area contributed by atoms with E-state index in [1.54, 1.807) is 0 Å². The van der Waals surface area contributed by atoms with Crippen molar-refractivity contribution in [1.29, 1.82) is 0 Å². The number of alkyl halides is 1. The number of aliphatic hydroxyl groups is 1. The molecule has 0 aliphatic carbocycles. The van der Waals surface area contributed by atoms with Gasteiger partial charge in [-0.2, -0.15) is 0 Å². The van der Waals surface area contributed by atoms with Crippen LogP contribution in [-0.2, 0) is 0 Å². The smallest absolute Gasteiger partial charge is 0.0889 e. The predicted molar refractivity (Wildman–Crippen MR) is 57.6 cm³/mol. The van der Waals surface area contributed by atoms with Crippen LogP contribution in [0.5, 0.6) is 0 Å². The molecule has 1 aromatic carbocycles. The largest absolute Gasteiger partial charge is 0.388 e. The first-order chi connectivity index (χ1) is 5.65. The fourth-order valence-electron chi connectivity index (χ4n) is 1.05. The summed E-state index contributed by atoms with van der Waals surface area (Å²) in [6.45, 7) is 1.99. The second kappa shape index (κ2) is 4.40. The second-order valence-electron chi connectivity index (χ2n) is 2.67. The molecule has 0 heterocycles. The van der Waals surface area contributed by atoms with Gasteiger partial charge in [-0.3, -0.25) is 0 Å². The summed E-state index contributed by atoms with van der Waals surface area (Å²) in [6.07, 6.45) is -0.414. The van der Waals surface area contributed by atoms with E-state index in [1.165, 1.54) is 0 Å². The van der Waals surface area contributed by atoms with E-state index < -0.39 is 6.10 Å². The van der Waals surface area contributed by atoms with Gasteiger partial charge in [0.15, 0.2) is 0 Å². The van der Waals surface area contributed by atoms with Crippen molar-refractivity contribution >= 4 is 31.9 Å². The van der Waals surface area contributed by atoms with Gasteiger partial charge in [-0.1, -0.05) is 37.9 Å². The Kier molecular flexibility index (Phi) is 3.75. The van der Waals surface area contributed by atoms with Crippen molar-refractivity contribution in [2.45, 2.75) is 13.0 Å². The number of benzene rings is 1. The molecule has 0 aliphatic heterocycles. The van der Waals surface area contributed by atoms with Crippen molar-refractivity contribution in [3.63, 3.8) is 0 Å². The van der Waals surface area contributed by atoms with E-state index in [1.807, 2.05) is 25.1 Å². The van der Waals surface area contributed by atoms with E-state index in [0.717, 1.165) is 15.6 Å². The van der Waals surface area contributed by atoms with E-state index in [0.29, 0.717) is 5.33 Å². The minimum Gasteiger partial charge on any atom is -0.388 e. The molecule has 0 bridgehead atoms. The Morgan fingerprint density at radius 3 is 2.75 bits per heavy atom. The molecule has 1 rings (SSSR count). The minimum atomic E-state index is -0.414. The normalized spacial score (nSPS) is 13.0. The highest BCUT2D eigenvalue weighted by atomic mass is 79.9. The van der Waals surface area contributed by atoms with Gasteiger partial charge in [0.2, 0.25) is 0 Å². The summed E-state index contributed by atoms with van der Waals surface area (Å²) >= 11 is 6.61. The SMILES string of the molecule is Cc1ccc(Br)cc1C(O)CBr. The molecule has 3 heteroatoms. The van der Waals surface area contributed by atoms with Gasteiger partial charge in [0.05, 0.1) is 6.10 Å². The van der Waals surface area contributed by atoms with Crippen LogP contribution >= 0.6 is 31.9 Å². The fourth-order valence-corrected chi connectivity index (χ4v) is 1.78. The number of rotatable bonds is 2. The molecule has 0 saturated carbocycles. The summed E-state index contributed by atoms with van der Waals surface area (Å²) in [4.78, 5) is 0. The molecule has 1 aromatic rings. The molecule has 1 nitrogen and oxygen atoms in total. The van der Waals surface area contributed by atoms with Crippen LogP contribution in [0.3, 0.4) is 0 Å². The average Bonchev–Trinajstić information content (AvgIpc) is 2.08. The molecule has 0 spiro atoms. The summed E-state index contributed by atoms with van der Waals surface area (Å²) in [7, 11) is 0. The van der Waals surface area contributed by atoms with Crippen molar-refractivity contribution in [2.24, 2.45) is 0 Å². The predicted octanol–water partition coefficient (Wildman–Crippen LogP) is 3.19. The zero-order chi connectivity index (χ0) is 9.14. The Labute approximate surface area is 89.1 Å². The lowest BCUT2D eigenvalue weighted by Gasteiger charge is -2.10.